The van der Waals surface area contributed by atoms with Crippen molar-refractivity contribution in [1.82, 2.24) is 9.80 Å². The first-order valence-corrected chi connectivity index (χ1v) is 11.7. The lowest BCUT2D eigenvalue weighted by Crippen LogP contribution is -2.59. The molecule has 1 unspecified atom stereocenters. The maximum absolute atomic E-state index is 14.5. The highest BCUT2D eigenvalue weighted by molar-refractivity contribution is 5.94. The lowest BCUT2D eigenvalue weighted by molar-refractivity contribution is -0.205. The highest BCUT2D eigenvalue weighted by Crippen LogP contribution is 2.39. The molecule has 1 N–H and O–H groups in total. The maximum atomic E-state index is 14.5. The topological polar surface area (TPSA) is 53.0 Å². The van der Waals surface area contributed by atoms with Crippen LogP contribution in [0.5, 0.6) is 0 Å². The molecule has 2 heterocycles. The second-order valence-corrected chi connectivity index (χ2v) is 10.0. The summed E-state index contributed by atoms with van der Waals surface area (Å²) in [7, 11) is 0. The minimum Gasteiger partial charge on any atom is -0.386 e. The fourth-order valence-corrected chi connectivity index (χ4v) is 5.02. The Kier molecular flexibility index (Phi) is 6.96. The lowest BCUT2D eigenvalue weighted by atomic mass is 9.87. The molecule has 0 saturated carbocycles. The average Bonchev–Trinajstić information content (AvgIpc) is 2.77. The van der Waals surface area contributed by atoms with Gasteiger partial charge in [-0.05, 0) is 44.4 Å². The van der Waals surface area contributed by atoms with E-state index in [1.54, 1.807) is 4.90 Å². The Morgan fingerprint density at radius 3 is 2.34 bits per heavy atom. The molecule has 0 radical (unpaired) electrons. The van der Waals surface area contributed by atoms with Crippen LogP contribution < -0.4 is 0 Å². The van der Waals surface area contributed by atoms with Crippen molar-refractivity contribution in [1.29, 1.82) is 0 Å². The standard InChI is InChI=1S/C26H30F4N2O3/c1-24(2,34)20-9-8-19(14-21(20)27)23(33)32-12-10-25(11-13-32)16-31(17-26(28,29)30)15-22(35-25)18-6-4-3-5-7-18/h3-9,14,22,34H,10-13,15-17H2,1-2H3. The van der Waals surface area contributed by atoms with Crippen LogP contribution in [0.25, 0.3) is 0 Å². The molecule has 0 aliphatic carbocycles. The number of carbonyl (C=O) groups is 1. The van der Waals surface area contributed by atoms with Gasteiger partial charge in [-0.15, -0.1) is 0 Å². The summed E-state index contributed by atoms with van der Waals surface area (Å²) in [6.07, 6.45) is -4.07. The highest BCUT2D eigenvalue weighted by atomic mass is 19.4. The molecule has 35 heavy (non-hydrogen) atoms. The minimum absolute atomic E-state index is 0.0963. The molecule has 0 aromatic heterocycles. The van der Waals surface area contributed by atoms with Crippen LogP contribution in [0.1, 0.15) is 54.3 Å². The van der Waals surface area contributed by atoms with Gasteiger partial charge < -0.3 is 14.7 Å². The molecule has 1 atom stereocenters. The number of rotatable bonds is 4. The van der Waals surface area contributed by atoms with E-state index in [9.17, 15) is 27.5 Å². The lowest BCUT2D eigenvalue weighted by Gasteiger charge is -2.50. The molecule has 1 amide bonds. The van der Waals surface area contributed by atoms with Gasteiger partial charge in [-0.1, -0.05) is 36.4 Å². The average molecular weight is 495 g/mol. The number of carbonyl (C=O) groups excluding carboxylic acids is 1. The SMILES string of the molecule is CC(C)(O)c1ccc(C(=O)N2CCC3(CC2)CN(CC(F)(F)F)CC(c2ccccc2)O3)cc1F. The Morgan fingerprint density at radius 1 is 1.11 bits per heavy atom. The Balaban J connectivity index is 1.48. The molecule has 4 rings (SSSR count). The van der Waals surface area contributed by atoms with Crippen molar-refractivity contribution >= 4 is 5.91 Å². The molecule has 1 spiro atoms. The summed E-state index contributed by atoms with van der Waals surface area (Å²) in [4.78, 5) is 16.0. The number of hydrogen-bond acceptors (Lipinski definition) is 4. The van der Waals surface area contributed by atoms with E-state index in [0.717, 1.165) is 11.6 Å². The zero-order chi connectivity index (χ0) is 25.4. The smallest absolute Gasteiger partial charge is 0.386 e. The summed E-state index contributed by atoms with van der Waals surface area (Å²) in [5.41, 5.74) is -1.11. The molecule has 190 valence electrons. The van der Waals surface area contributed by atoms with Crippen LogP contribution in [0, 0.1) is 5.82 Å². The number of likely N-dealkylation sites (tertiary alicyclic amines) is 1. The molecule has 9 heteroatoms. The predicted octanol–water partition coefficient (Wildman–Crippen LogP) is 4.66. The third kappa shape index (κ3) is 6.02. The largest absolute Gasteiger partial charge is 0.401 e. The van der Waals surface area contributed by atoms with Gasteiger partial charge in [-0.3, -0.25) is 9.69 Å². The summed E-state index contributed by atoms with van der Waals surface area (Å²) in [5, 5.41) is 10.1. The first-order chi connectivity index (χ1) is 16.4. The van der Waals surface area contributed by atoms with E-state index in [0.29, 0.717) is 12.8 Å². The summed E-state index contributed by atoms with van der Waals surface area (Å²) in [5.74, 6) is -1.02. The first-order valence-electron chi connectivity index (χ1n) is 11.7. The van der Waals surface area contributed by atoms with Gasteiger partial charge in [-0.2, -0.15) is 13.2 Å². The zero-order valence-corrected chi connectivity index (χ0v) is 19.8. The Hall–Kier alpha value is -2.49. The number of piperidine rings is 1. The van der Waals surface area contributed by atoms with Crippen molar-refractivity contribution < 1.29 is 32.2 Å². The maximum Gasteiger partial charge on any atom is 0.401 e. The molecular weight excluding hydrogens is 464 g/mol. The van der Waals surface area contributed by atoms with Crippen molar-refractivity contribution in [2.75, 3.05) is 32.7 Å². The van der Waals surface area contributed by atoms with E-state index in [4.69, 9.17) is 4.74 Å². The third-order valence-electron chi connectivity index (χ3n) is 6.74. The number of aliphatic hydroxyl groups is 1. The van der Waals surface area contributed by atoms with Crippen molar-refractivity contribution in [3.63, 3.8) is 0 Å². The molecule has 5 nitrogen and oxygen atoms in total. The van der Waals surface area contributed by atoms with Crippen LogP contribution in [0.4, 0.5) is 17.6 Å². The number of hydrogen-bond donors (Lipinski definition) is 1. The number of halogens is 4. The van der Waals surface area contributed by atoms with Gasteiger partial charge in [0, 0.05) is 37.3 Å². The molecule has 2 saturated heterocycles. The monoisotopic (exact) mass is 494 g/mol. The van der Waals surface area contributed by atoms with Crippen molar-refractivity contribution in [3.8, 4) is 0 Å². The van der Waals surface area contributed by atoms with Crippen LogP contribution in [0.2, 0.25) is 0 Å². The van der Waals surface area contributed by atoms with Gasteiger partial charge in [0.05, 0.1) is 23.9 Å². The number of nitrogens with zero attached hydrogens (tertiary/aromatic N) is 2. The van der Waals surface area contributed by atoms with Gasteiger partial charge in [-0.25, -0.2) is 4.39 Å². The summed E-state index contributed by atoms with van der Waals surface area (Å²) < 4.78 is 60.6. The second-order valence-electron chi connectivity index (χ2n) is 10.0. The van der Waals surface area contributed by atoms with Gasteiger partial charge in [0.2, 0.25) is 0 Å². The molecular formula is C26H30F4N2O3. The molecule has 2 aliphatic rings. The van der Waals surface area contributed by atoms with Gasteiger partial charge in [0.15, 0.2) is 0 Å². The number of benzene rings is 2. The normalized spacial score (nSPS) is 21.3. The number of amides is 1. The quantitative estimate of drug-likeness (QED) is 0.628. The summed E-state index contributed by atoms with van der Waals surface area (Å²) in [6, 6.07) is 13.2. The fraction of sp³-hybridized carbons (Fsp3) is 0.500. The van der Waals surface area contributed by atoms with E-state index < -0.39 is 35.8 Å². The minimum atomic E-state index is -4.32. The van der Waals surface area contributed by atoms with E-state index in [1.165, 1.54) is 30.9 Å². The Morgan fingerprint density at radius 2 is 1.77 bits per heavy atom. The van der Waals surface area contributed by atoms with E-state index >= 15 is 0 Å². The number of morpholine rings is 1. The summed E-state index contributed by atoms with van der Waals surface area (Å²) in [6.45, 7) is 2.76. The molecule has 2 aromatic carbocycles. The van der Waals surface area contributed by atoms with Crippen LogP contribution in [-0.2, 0) is 10.3 Å². The van der Waals surface area contributed by atoms with E-state index in [1.807, 2.05) is 30.3 Å². The first kappa shape index (κ1) is 25.6. The summed E-state index contributed by atoms with van der Waals surface area (Å²) >= 11 is 0. The van der Waals surface area contributed by atoms with E-state index in [-0.39, 0.29) is 43.2 Å². The molecule has 2 aromatic rings. The van der Waals surface area contributed by atoms with Gasteiger partial charge >= 0.3 is 6.18 Å². The molecule has 2 fully saturated rings. The van der Waals surface area contributed by atoms with Crippen LogP contribution in [-0.4, -0.2) is 65.3 Å². The van der Waals surface area contributed by atoms with Crippen molar-refractivity contribution in [3.05, 3.63) is 71.0 Å². The molecule has 2 aliphatic heterocycles. The molecule has 0 bridgehead atoms. The van der Waals surface area contributed by atoms with Crippen molar-refractivity contribution in [2.24, 2.45) is 0 Å². The van der Waals surface area contributed by atoms with Gasteiger partial charge in [0.1, 0.15) is 5.82 Å². The zero-order valence-electron chi connectivity index (χ0n) is 19.8. The fourth-order valence-electron chi connectivity index (χ4n) is 5.02. The van der Waals surface area contributed by atoms with Crippen molar-refractivity contribution in [2.45, 2.75) is 50.2 Å². The third-order valence-corrected chi connectivity index (χ3v) is 6.74. The number of ether oxygens (including phenoxy) is 1. The second kappa shape index (κ2) is 9.52. The van der Waals surface area contributed by atoms with Gasteiger partial charge in [0.25, 0.3) is 5.91 Å². The Labute approximate surface area is 202 Å². The highest BCUT2D eigenvalue weighted by Gasteiger charge is 2.46. The number of alkyl halides is 3. The van der Waals surface area contributed by atoms with Crippen LogP contribution in [0.15, 0.2) is 48.5 Å². The van der Waals surface area contributed by atoms with Crippen LogP contribution in [0.3, 0.4) is 0 Å². The Bertz CT molecular complexity index is 1040. The van der Waals surface area contributed by atoms with E-state index in [2.05, 4.69) is 0 Å². The van der Waals surface area contributed by atoms with Crippen LogP contribution >= 0.6 is 0 Å². The predicted molar refractivity (Wildman–Crippen MR) is 122 cm³/mol.